The first-order valence-electron chi connectivity index (χ1n) is 6.37. The van der Waals surface area contributed by atoms with Gasteiger partial charge in [-0.1, -0.05) is 0 Å². The highest BCUT2D eigenvalue weighted by Gasteiger charge is 2.21. The van der Waals surface area contributed by atoms with Crippen molar-refractivity contribution < 1.29 is 14.2 Å². The van der Waals surface area contributed by atoms with Gasteiger partial charge in [-0.15, -0.1) is 0 Å². The fraction of sp³-hybridized carbons (Fsp3) is 0.571. The fourth-order valence-electron chi connectivity index (χ4n) is 2.45. The van der Waals surface area contributed by atoms with Crippen LogP contribution >= 0.6 is 0 Å². The fourth-order valence-corrected chi connectivity index (χ4v) is 2.45. The Morgan fingerprint density at radius 1 is 1.39 bits per heavy atom. The lowest BCUT2D eigenvalue weighted by Gasteiger charge is -2.34. The van der Waals surface area contributed by atoms with Crippen LogP contribution < -0.4 is 4.90 Å². The van der Waals surface area contributed by atoms with Gasteiger partial charge < -0.3 is 14.7 Å². The maximum absolute atomic E-state index is 13.3. The average molecular weight is 253 g/mol. The minimum Gasteiger partial charge on any atom is -0.389 e. The zero-order valence-corrected chi connectivity index (χ0v) is 10.9. The Labute approximate surface area is 107 Å². The van der Waals surface area contributed by atoms with Crippen molar-refractivity contribution in [2.75, 3.05) is 25.2 Å². The van der Waals surface area contributed by atoms with Crippen LogP contribution in [-0.4, -0.2) is 31.4 Å². The summed E-state index contributed by atoms with van der Waals surface area (Å²) in [6.07, 6.45) is 1.26. The standard InChI is InChI=1S/C14H20FNO2/c1-10(17)13-9-11(15)3-4-14(13)16(2)12-5-7-18-8-6-12/h3-4,9-10,12,17H,5-8H2,1-2H3. The van der Waals surface area contributed by atoms with Crippen LogP contribution in [0.5, 0.6) is 0 Å². The quantitative estimate of drug-likeness (QED) is 0.898. The van der Waals surface area contributed by atoms with Crippen molar-refractivity contribution >= 4 is 5.69 Å². The first-order valence-corrected chi connectivity index (χ1v) is 6.37. The number of benzene rings is 1. The molecule has 0 radical (unpaired) electrons. The van der Waals surface area contributed by atoms with Crippen LogP contribution in [-0.2, 0) is 4.74 Å². The van der Waals surface area contributed by atoms with Crippen LogP contribution in [0.2, 0.25) is 0 Å². The summed E-state index contributed by atoms with van der Waals surface area (Å²) < 4.78 is 18.6. The number of halogens is 1. The minimum absolute atomic E-state index is 0.310. The Bertz CT molecular complexity index is 403. The highest BCUT2D eigenvalue weighted by Crippen LogP contribution is 2.29. The summed E-state index contributed by atoms with van der Waals surface area (Å²) in [5.74, 6) is -0.310. The molecule has 1 aliphatic heterocycles. The van der Waals surface area contributed by atoms with Crippen LogP contribution in [0, 0.1) is 5.82 Å². The molecule has 3 nitrogen and oxygen atoms in total. The van der Waals surface area contributed by atoms with E-state index in [4.69, 9.17) is 4.74 Å². The van der Waals surface area contributed by atoms with Gasteiger partial charge in [0, 0.05) is 37.6 Å². The van der Waals surface area contributed by atoms with Gasteiger partial charge in [0.15, 0.2) is 0 Å². The third kappa shape index (κ3) is 2.82. The van der Waals surface area contributed by atoms with Crippen LogP contribution in [0.3, 0.4) is 0 Å². The predicted octanol–water partition coefficient (Wildman–Crippen LogP) is 2.49. The average Bonchev–Trinajstić information content (AvgIpc) is 2.39. The van der Waals surface area contributed by atoms with Crippen molar-refractivity contribution in [3.8, 4) is 0 Å². The summed E-state index contributed by atoms with van der Waals surface area (Å²) in [6, 6.07) is 4.99. The number of ether oxygens (including phenoxy) is 1. The number of anilines is 1. The Hall–Kier alpha value is -1.13. The SMILES string of the molecule is CC(O)c1cc(F)ccc1N(C)C1CCOCC1. The Kier molecular flexibility index (Phi) is 4.19. The smallest absolute Gasteiger partial charge is 0.123 e. The zero-order valence-electron chi connectivity index (χ0n) is 10.9. The van der Waals surface area contributed by atoms with Gasteiger partial charge in [-0.25, -0.2) is 4.39 Å². The second-order valence-corrected chi connectivity index (χ2v) is 4.83. The summed E-state index contributed by atoms with van der Waals surface area (Å²) >= 11 is 0. The number of hydrogen-bond donors (Lipinski definition) is 1. The first-order chi connectivity index (χ1) is 8.59. The minimum atomic E-state index is -0.669. The van der Waals surface area contributed by atoms with Gasteiger partial charge in [-0.05, 0) is 38.0 Å². The Morgan fingerprint density at radius 3 is 2.67 bits per heavy atom. The van der Waals surface area contributed by atoms with E-state index < -0.39 is 6.10 Å². The lowest BCUT2D eigenvalue weighted by Crippen LogP contribution is -2.37. The third-order valence-electron chi connectivity index (χ3n) is 3.56. The molecular formula is C14H20FNO2. The maximum Gasteiger partial charge on any atom is 0.123 e. The van der Waals surface area contributed by atoms with E-state index in [0.717, 1.165) is 31.7 Å². The van der Waals surface area contributed by atoms with Crippen LogP contribution in [0.1, 0.15) is 31.4 Å². The molecule has 0 bridgehead atoms. The topological polar surface area (TPSA) is 32.7 Å². The molecule has 1 aromatic carbocycles. The van der Waals surface area contributed by atoms with Gasteiger partial charge in [0.2, 0.25) is 0 Å². The highest BCUT2D eigenvalue weighted by atomic mass is 19.1. The molecule has 1 heterocycles. The lowest BCUT2D eigenvalue weighted by atomic mass is 10.0. The van der Waals surface area contributed by atoms with Crippen molar-refractivity contribution in [2.45, 2.75) is 31.9 Å². The molecule has 0 spiro atoms. The Balaban J connectivity index is 2.25. The molecule has 1 fully saturated rings. The van der Waals surface area contributed by atoms with E-state index in [1.54, 1.807) is 13.0 Å². The van der Waals surface area contributed by atoms with E-state index in [1.807, 2.05) is 7.05 Å². The maximum atomic E-state index is 13.3. The molecule has 1 aliphatic rings. The molecule has 0 amide bonds. The van der Waals surface area contributed by atoms with Crippen molar-refractivity contribution in [2.24, 2.45) is 0 Å². The second kappa shape index (κ2) is 5.67. The zero-order chi connectivity index (χ0) is 13.1. The largest absolute Gasteiger partial charge is 0.389 e. The summed E-state index contributed by atoms with van der Waals surface area (Å²) in [5.41, 5.74) is 1.54. The molecule has 1 N–H and O–H groups in total. The van der Waals surface area contributed by atoms with Gasteiger partial charge in [-0.2, -0.15) is 0 Å². The van der Waals surface area contributed by atoms with Crippen molar-refractivity contribution in [1.82, 2.24) is 0 Å². The molecule has 18 heavy (non-hydrogen) atoms. The van der Waals surface area contributed by atoms with E-state index in [2.05, 4.69) is 4.90 Å². The third-order valence-corrected chi connectivity index (χ3v) is 3.56. The van der Waals surface area contributed by atoms with Gasteiger partial charge in [0.1, 0.15) is 5.82 Å². The monoisotopic (exact) mass is 253 g/mol. The van der Waals surface area contributed by atoms with E-state index in [0.29, 0.717) is 11.6 Å². The molecular weight excluding hydrogens is 233 g/mol. The van der Waals surface area contributed by atoms with Gasteiger partial charge in [0.25, 0.3) is 0 Å². The molecule has 1 unspecified atom stereocenters. The highest BCUT2D eigenvalue weighted by molar-refractivity contribution is 5.55. The summed E-state index contributed by atoms with van der Waals surface area (Å²) in [4.78, 5) is 2.13. The summed E-state index contributed by atoms with van der Waals surface area (Å²) in [5, 5.41) is 9.76. The van der Waals surface area contributed by atoms with Gasteiger partial charge >= 0.3 is 0 Å². The molecule has 0 aliphatic carbocycles. The van der Waals surface area contributed by atoms with Crippen molar-refractivity contribution in [3.05, 3.63) is 29.6 Å². The van der Waals surface area contributed by atoms with Crippen molar-refractivity contribution in [3.63, 3.8) is 0 Å². The normalized spacial score (nSPS) is 18.7. The van der Waals surface area contributed by atoms with E-state index in [-0.39, 0.29) is 5.82 Å². The first kappa shape index (κ1) is 13.3. The van der Waals surface area contributed by atoms with E-state index in [1.165, 1.54) is 12.1 Å². The molecule has 1 atom stereocenters. The van der Waals surface area contributed by atoms with Crippen LogP contribution in [0.4, 0.5) is 10.1 Å². The number of aliphatic hydroxyl groups is 1. The molecule has 0 saturated carbocycles. The molecule has 0 aromatic heterocycles. The number of rotatable bonds is 3. The van der Waals surface area contributed by atoms with Crippen molar-refractivity contribution in [1.29, 1.82) is 0 Å². The van der Waals surface area contributed by atoms with Gasteiger partial charge in [0.05, 0.1) is 6.10 Å². The predicted molar refractivity (Wildman–Crippen MR) is 69.3 cm³/mol. The Morgan fingerprint density at radius 2 is 2.06 bits per heavy atom. The van der Waals surface area contributed by atoms with E-state index >= 15 is 0 Å². The van der Waals surface area contributed by atoms with Crippen LogP contribution in [0.15, 0.2) is 18.2 Å². The second-order valence-electron chi connectivity index (χ2n) is 4.83. The van der Waals surface area contributed by atoms with E-state index in [9.17, 15) is 9.50 Å². The van der Waals surface area contributed by atoms with Gasteiger partial charge in [-0.3, -0.25) is 0 Å². The number of nitrogens with zero attached hydrogens (tertiary/aromatic N) is 1. The molecule has 1 aromatic rings. The molecule has 2 rings (SSSR count). The van der Waals surface area contributed by atoms with Crippen LogP contribution in [0.25, 0.3) is 0 Å². The lowest BCUT2D eigenvalue weighted by molar-refractivity contribution is 0.0853. The summed E-state index contributed by atoms with van der Waals surface area (Å²) in [7, 11) is 2.00. The number of aliphatic hydroxyl groups excluding tert-OH is 1. The molecule has 4 heteroatoms. The number of hydrogen-bond acceptors (Lipinski definition) is 3. The molecule has 100 valence electrons. The molecule has 1 saturated heterocycles. The summed E-state index contributed by atoms with van der Waals surface area (Å²) in [6.45, 7) is 3.19.